The SMILES string of the molecule is CN(C)C(=O)NCCNC1CCS(=O)CC1. The van der Waals surface area contributed by atoms with Gasteiger partial charge in [-0.25, -0.2) is 4.79 Å². The topological polar surface area (TPSA) is 61.4 Å². The molecule has 0 aromatic carbocycles. The quantitative estimate of drug-likeness (QED) is 0.674. The van der Waals surface area contributed by atoms with Crippen LogP contribution < -0.4 is 10.6 Å². The zero-order chi connectivity index (χ0) is 12.0. The number of hydrogen-bond acceptors (Lipinski definition) is 3. The molecule has 1 aliphatic heterocycles. The van der Waals surface area contributed by atoms with Crippen molar-refractivity contribution in [3.05, 3.63) is 0 Å². The number of amides is 2. The normalized spacial score (nSPS) is 25.1. The van der Waals surface area contributed by atoms with Crippen LogP contribution in [-0.2, 0) is 10.8 Å². The van der Waals surface area contributed by atoms with Crippen molar-refractivity contribution in [1.29, 1.82) is 0 Å². The number of urea groups is 1. The summed E-state index contributed by atoms with van der Waals surface area (Å²) in [6, 6.07) is 0.403. The first-order valence-electron chi connectivity index (χ1n) is 5.63. The van der Waals surface area contributed by atoms with E-state index in [9.17, 15) is 9.00 Å². The Hall–Kier alpha value is -0.620. The van der Waals surface area contributed by atoms with E-state index in [2.05, 4.69) is 10.6 Å². The number of carbonyl (C=O) groups is 1. The van der Waals surface area contributed by atoms with Crippen molar-refractivity contribution in [2.75, 3.05) is 38.7 Å². The van der Waals surface area contributed by atoms with Gasteiger partial charge in [0.05, 0.1) is 0 Å². The third-order valence-electron chi connectivity index (χ3n) is 2.63. The van der Waals surface area contributed by atoms with E-state index in [0.29, 0.717) is 12.6 Å². The maximum atomic E-state index is 11.2. The molecule has 5 nitrogen and oxygen atoms in total. The van der Waals surface area contributed by atoms with Gasteiger partial charge in [-0.05, 0) is 12.8 Å². The summed E-state index contributed by atoms with van der Waals surface area (Å²) in [7, 11) is 2.84. The van der Waals surface area contributed by atoms with E-state index in [1.165, 1.54) is 4.90 Å². The summed E-state index contributed by atoms with van der Waals surface area (Å²) in [5.41, 5.74) is 0. The molecule has 0 bridgehead atoms. The number of nitrogens with zero attached hydrogens (tertiary/aromatic N) is 1. The third kappa shape index (κ3) is 4.94. The molecule has 0 aromatic heterocycles. The molecule has 16 heavy (non-hydrogen) atoms. The highest BCUT2D eigenvalue weighted by Gasteiger charge is 2.16. The third-order valence-corrected chi connectivity index (χ3v) is 4.01. The Bertz CT molecular complexity index is 248. The first-order chi connectivity index (χ1) is 7.59. The predicted molar refractivity (Wildman–Crippen MR) is 66.0 cm³/mol. The van der Waals surface area contributed by atoms with Crippen molar-refractivity contribution in [2.45, 2.75) is 18.9 Å². The summed E-state index contributed by atoms with van der Waals surface area (Å²) < 4.78 is 11.1. The van der Waals surface area contributed by atoms with E-state index in [1.807, 2.05) is 0 Å². The molecule has 0 aliphatic carbocycles. The number of carbonyl (C=O) groups excluding carboxylic acids is 1. The van der Waals surface area contributed by atoms with Gasteiger partial charge >= 0.3 is 6.03 Å². The lowest BCUT2D eigenvalue weighted by Crippen LogP contribution is -2.42. The maximum absolute atomic E-state index is 11.2. The zero-order valence-electron chi connectivity index (χ0n) is 9.99. The molecule has 6 heteroatoms. The van der Waals surface area contributed by atoms with E-state index in [-0.39, 0.29) is 6.03 Å². The average molecular weight is 247 g/mol. The molecule has 2 N–H and O–H groups in total. The summed E-state index contributed by atoms with van der Waals surface area (Å²) >= 11 is 0. The van der Waals surface area contributed by atoms with Crippen LogP contribution >= 0.6 is 0 Å². The van der Waals surface area contributed by atoms with Gasteiger partial charge in [-0.2, -0.15) is 0 Å². The van der Waals surface area contributed by atoms with Crippen LogP contribution in [0.4, 0.5) is 4.79 Å². The summed E-state index contributed by atoms with van der Waals surface area (Å²) in [5.74, 6) is 1.61. The highest BCUT2D eigenvalue weighted by Crippen LogP contribution is 2.08. The van der Waals surface area contributed by atoms with E-state index in [1.54, 1.807) is 14.1 Å². The van der Waals surface area contributed by atoms with Gasteiger partial charge in [-0.15, -0.1) is 0 Å². The fourth-order valence-corrected chi connectivity index (χ4v) is 2.90. The van der Waals surface area contributed by atoms with Crippen LogP contribution in [0.15, 0.2) is 0 Å². The van der Waals surface area contributed by atoms with E-state index in [4.69, 9.17) is 0 Å². The molecule has 0 spiro atoms. The lowest BCUT2D eigenvalue weighted by molar-refractivity contribution is 0.217. The Morgan fingerprint density at radius 1 is 1.31 bits per heavy atom. The van der Waals surface area contributed by atoms with Gasteiger partial charge in [0.15, 0.2) is 0 Å². The first-order valence-corrected chi connectivity index (χ1v) is 7.12. The largest absolute Gasteiger partial charge is 0.337 e. The molecule has 1 heterocycles. The second kappa shape index (κ2) is 6.85. The highest BCUT2D eigenvalue weighted by molar-refractivity contribution is 7.85. The molecule has 1 saturated heterocycles. The van der Waals surface area contributed by atoms with E-state index in [0.717, 1.165) is 30.9 Å². The molecule has 94 valence electrons. The second-order valence-electron chi connectivity index (χ2n) is 4.20. The molecule has 0 unspecified atom stereocenters. The smallest absolute Gasteiger partial charge is 0.316 e. The first kappa shape index (κ1) is 13.4. The van der Waals surface area contributed by atoms with Crippen LogP contribution in [0.2, 0.25) is 0 Å². The van der Waals surface area contributed by atoms with Crippen LogP contribution in [0.3, 0.4) is 0 Å². The predicted octanol–water partition coefficient (Wildman–Crippen LogP) is -0.242. The summed E-state index contributed by atoms with van der Waals surface area (Å²) in [6.07, 6.45) is 1.96. The molecule has 1 fully saturated rings. The van der Waals surface area contributed by atoms with Gasteiger partial charge in [-0.3, -0.25) is 4.21 Å². The molecule has 0 atom stereocenters. The standard InChI is InChI=1S/C10H21N3O2S/c1-13(2)10(14)12-6-5-11-9-3-7-16(15)8-4-9/h9,11H,3-8H2,1-2H3,(H,12,14). The molecule has 0 saturated carbocycles. The van der Waals surface area contributed by atoms with E-state index >= 15 is 0 Å². The highest BCUT2D eigenvalue weighted by atomic mass is 32.2. The van der Waals surface area contributed by atoms with Crippen LogP contribution in [0.5, 0.6) is 0 Å². The van der Waals surface area contributed by atoms with Gasteiger partial charge in [-0.1, -0.05) is 0 Å². The molecule has 1 aliphatic rings. The van der Waals surface area contributed by atoms with Gasteiger partial charge in [0.25, 0.3) is 0 Å². The van der Waals surface area contributed by atoms with Gasteiger partial charge in [0, 0.05) is 55.5 Å². The molecule has 0 radical (unpaired) electrons. The summed E-state index contributed by atoms with van der Waals surface area (Å²) in [6.45, 7) is 1.41. The lowest BCUT2D eigenvalue weighted by atomic mass is 10.1. The number of rotatable bonds is 4. The molecular weight excluding hydrogens is 226 g/mol. The van der Waals surface area contributed by atoms with Crippen LogP contribution in [0.25, 0.3) is 0 Å². The zero-order valence-corrected chi connectivity index (χ0v) is 10.8. The molecule has 2 amide bonds. The fraction of sp³-hybridized carbons (Fsp3) is 0.900. The van der Waals surface area contributed by atoms with Crippen molar-refractivity contribution >= 4 is 16.8 Å². The van der Waals surface area contributed by atoms with Crippen molar-refractivity contribution < 1.29 is 9.00 Å². The summed E-state index contributed by atoms with van der Waals surface area (Å²) in [5, 5.41) is 6.16. The van der Waals surface area contributed by atoms with Gasteiger partial charge in [0.1, 0.15) is 0 Å². The minimum atomic E-state index is -0.598. The fourth-order valence-electron chi connectivity index (χ4n) is 1.60. The van der Waals surface area contributed by atoms with Crippen molar-refractivity contribution in [2.24, 2.45) is 0 Å². The number of hydrogen-bond donors (Lipinski definition) is 2. The molecule has 0 aromatic rings. The van der Waals surface area contributed by atoms with Gasteiger partial charge in [0.2, 0.25) is 0 Å². The number of nitrogens with one attached hydrogen (secondary N) is 2. The minimum Gasteiger partial charge on any atom is -0.337 e. The average Bonchev–Trinajstić information content (AvgIpc) is 2.26. The van der Waals surface area contributed by atoms with Crippen LogP contribution in [0.1, 0.15) is 12.8 Å². The Labute approximate surface area is 99.4 Å². The second-order valence-corrected chi connectivity index (χ2v) is 5.90. The van der Waals surface area contributed by atoms with Crippen molar-refractivity contribution in [3.63, 3.8) is 0 Å². The lowest BCUT2D eigenvalue weighted by Gasteiger charge is -2.22. The minimum absolute atomic E-state index is 0.0634. The van der Waals surface area contributed by atoms with Gasteiger partial charge < -0.3 is 15.5 Å². The van der Waals surface area contributed by atoms with Crippen molar-refractivity contribution in [3.8, 4) is 0 Å². The molecule has 1 rings (SSSR count). The maximum Gasteiger partial charge on any atom is 0.316 e. The van der Waals surface area contributed by atoms with E-state index < -0.39 is 10.8 Å². The Morgan fingerprint density at radius 2 is 1.94 bits per heavy atom. The Kier molecular flexibility index (Phi) is 5.76. The Morgan fingerprint density at radius 3 is 2.50 bits per heavy atom. The molecular formula is C10H21N3O2S. The monoisotopic (exact) mass is 247 g/mol. The van der Waals surface area contributed by atoms with Crippen LogP contribution in [0, 0.1) is 0 Å². The Balaban J connectivity index is 2.03. The summed E-state index contributed by atoms with van der Waals surface area (Å²) in [4.78, 5) is 12.7. The van der Waals surface area contributed by atoms with Crippen LogP contribution in [-0.4, -0.2) is 59.9 Å². The van der Waals surface area contributed by atoms with Crippen molar-refractivity contribution in [1.82, 2.24) is 15.5 Å².